The summed E-state index contributed by atoms with van der Waals surface area (Å²) >= 11 is 0. The Balaban J connectivity index is 2.36. The predicted molar refractivity (Wildman–Crippen MR) is 70.5 cm³/mol. The predicted octanol–water partition coefficient (Wildman–Crippen LogP) is 0.881. The Morgan fingerprint density at radius 1 is 1.53 bits per heavy atom. The number of terminal acetylenes is 1. The van der Waals surface area contributed by atoms with Gasteiger partial charge in [0.1, 0.15) is 6.54 Å². The van der Waals surface area contributed by atoms with Crippen molar-refractivity contribution in [2.75, 3.05) is 6.61 Å². The van der Waals surface area contributed by atoms with Gasteiger partial charge in [0.25, 0.3) is 5.56 Å². The topological polar surface area (TPSA) is 61.2 Å². The molecule has 0 aliphatic heterocycles. The number of ether oxygens (including phenoxy) is 1. The van der Waals surface area contributed by atoms with Gasteiger partial charge in [-0.3, -0.25) is 14.2 Å². The molecule has 0 fully saturated rings. The van der Waals surface area contributed by atoms with E-state index in [1.807, 2.05) is 13.0 Å². The highest BCUT2D eigenvalue weighted by Crippen LogP contribution is 2.11. The highest BCUT2D eigenvalue weighted by molar-refractivity contribution is 5.80. The Bertz CT molecular complexity index is 726. The molecule has 1 aromatic heterocycles. The first-order valence-electron chi connectivity index (χ1n) is 5.67. The molecule has 0 N–H and O–H groups in total. The third-order valence-corrected chi connectivity index (χ3v) is 2.67. The second kappa shape index (κ2) is 5.36. The number of hydrogen-bond donors (Lipinski definition) is 0. The first-order valence-corrected chi connectivity index (χ1v) is 5.67. The maximum atomic E-state index is 12.2. The zero-order valence-electron chi connectivity index (χ0n) is 10.4. The highest BCUT2D eigenvalue weighted by atomic mass is 16.5. The van der Waals surface area contributed by atoms with Crippen LogP contribution in [0.5, 0.6) is 0 Å². The van der Waals surface area contributed by atoms with E-state index in [2.05, 4.69) is 10.9 Å². The van der Waals surface area contributed by atoms with Crippen LogP contribution in [0.4, 0.5) is 0 Å². The third kappa shape index (κ3) is 2.63. The second-order valence-corrected chi connectivity index (χ2v) is 4.01. The lowest BCUT2D eigenvalue weighted by Gasteiger charge is -2.06. The standard InChI is InChI=1S/C14H12N2O3/c1-3-7-19-12(17)8-16-9-15-13-10(2)5-4-6-11(13)14(16)18/h1,4-6,9H,7-8H2,2H3. The number of nitrogens with zero attached hydrogens (tertiary/aromatic N) is 2. The van der Waals surface area contributed by atoms with Crippen molar-refractivity contribution >= 4 is 16.9 Å². The van der Waals surface area contributed by atoms with Gasteiger partial charge in [0.15, 0.2) is 6.61 Å². The molecule has 0 saturated heterocycles. The molecule has 19 heavy (non-hydrogen) atoms. The smallest absolute Gasteiger partial charge is 0.327 e. The molecule has 5 heteroatoms. The Morgan fingerprint density at radius 3 is 3.05 bits per heavy atom. The molecule has 0 radical (unpaired) electrons. The highest BCUT2D eigenvalue weighted by Gasteiger charge is 2.09. The van der Waals surface area contributed by atoms with E-state index < -0.39 is 5.97 Å². The normalized spacial score (nSPS) is 10.1. The van der Waals surface area contributed by atoms with E-state index in [-0.39, 0.29) is 18.7 Å². The molecular weight excluding hydrogens is 244 g/mol. The van der Waals surface area contributed by atoms with Crippen LogP contribution in [0.15, 0.2) is 29.3 Å². The van der Waals surface area contributed by atoms with Crippen molar-refractivity contribution in [3.63, 3.8) is 0 Å². The number of rotatable bonds is 3. The fourth-order valence-electron chi connectivity index (χ4n) is 1.76. The maximum Gasteiger partial charge on any atom is 0.327 e. The Hall–Kier alpha value is -2.61. The van der Waals surface area contributed by atoms with E-state index >= 15 is 0 Å². The van der Waals surface area contributed by atoms with Crippen molar-refractivity contribution in [1.29, 1.82) is 0 Å². The van der Waals surface area contributed by atoms with E-state index in [0.29, 0.717) is 10.9 Å². The first kappa shape index (κ1) is 12.8. The van der Waals surface area contributed by atoms with Crippen LogP contribution in [-0.4, -0.2) is 22.1 Å². The molecule has 0 amide bonds. The van der Waals surface area contributed by atoms with Crippen LogP contribution in [0, 0.1) is 19.3 Å². The number of fused-ring (bicyclic) bond motifs is 1. The molecule has 0 aliphatic carbocycles. The van der Waals surface area contributed by atoms with Gasteiger partial charge in [-0.15, -0.1) is 6.42 Å². The van der Waals surface area contributed by atoms with Crippen molar-refractivity contribution in [2.45, 2.75) is 13.5 Å². The van der Waals surface area contributed by atoms with Gasteiger partial charge in [0.2, 0.25) is 0 Å². The quantitative estimate of drug-likeness (QED) is 0.604. The van der Waals surface area contributed by atoms with Crippen LogP contribution in [0.25, 0.3) is 10.9 Å². The van der Waals surface area contributed by atoms with Gasteiger partial charge in [0, 0.05) is 0 Å². The number of aromatic nitrogens is 2. The van der Waals surface area contributed by atoms with Crippen LogP contribution in [0.3, 0.4) is 0 Å². The molecule has 0 aliphatic rings. The number of para-hydroxylation sites is 1. The zero-order valence-corrected chi connectivity index (χ0v) is 10.4. The molecule has 0 unspecified atom stereocenters. The van der Waals surface area contributed by atoms with Crippen LogP contribution in [-0.2, 0) is 16.1 Å². The molecular formula is C14H12N2O3. The van der Waals surface area contributed by atoms with Gasteiger partial charge in [-0.2, -0.15) is 0 Å². The second-order valence-electron chi connectivity index (χ2n) is 4.01. The number of esters is 1. The summed E-state index contributed by atoms with van der Waals surface area (Å²) in [5.74, 6) is 1.63. The Morgan fingerprint density at radius 2 is 2.32 bits per heavy atom. The summed E-state index contributed by atoms with van der Waals surface area (Å²) < 4.78 is 5.93. The molecule has 5 nitrogen and oxygen atoms in total. The van der Waals surface area contributed by atoms with E-state index in [1.54, 1.807) is 12.1 Å². The Kier molecular flexibility index (Phi) is 3.62. The van der Waals surface area contributed by atoms with Crippen LogP contribution in [0.1, 0.15) is 5.56 Å². The molecule has 0 bridgehead atoms. The maximum absolute atomic E-state index is 12.2. The minimum Gasteiger partial charge on any atom is -0.451 e. The fraction of sp³-hybridized carbons (Fsp3) is 0.214. The summed E-state index contributed by atoms with van der Waals surface area (Å²) in [4.78, 5) is 27.8. The summed E-state index contributed by atoms with van der Waals surface area (Å²) in [6.45, 7) is 1.57. The zero-order chi connectivity index (χ0) is 13.8. The van der Waals surface area contributed by atoms with Crippen molar-refractivity contribution in [2.24, 2.45) is 0 Å². The van der Waals surface area contributed by atoms with E-state index in [4.69, 9.17) is 11.2 Å². The molecule has 0 atom stereocenters. The third-order valence-electron chi connectivity index (χ3n) is 2.67. The number of carbonyl (C=O) groups excluding carboxylic acids is 1. The van der Waals surface area contributed by atoms with Crippen molar-refractivity contribution in [3.8, 4) is 12.3 Å². The first-order chi connectivity index (χ1) is 9.13. The molecule has 2 aromatic rings. The van der Waals surface area contributed by atoms with Gasteiger partial charge >= 0.3 is 5.97 Å². The monoisotopic (exact) mass is 256 g/mol. The fourth-order valence-corrected chi connectivity index (χ4v) is 1.76. The number of aryl methyl sites for hydroxylation is 1. The van der Waals surface area contributed by atoms with Gasteiger partial charge in [-0.1, -0.05) is 18.1 Å². The van der Waals surface area contributed by atoms with E-state index in [0.717, 1.165) is 5.56 Å². The Labute approximate surface area is 109 Å². The average Bonchev–Trinajstić information content (AvgIpc) is 2.40. The average molecular weight is 256 g/mol. The van der Waals surface area contributed by atoms with Gasteiger partial charge in [-0.05, 0) is 18.6 Å². The van der Waals surface area contributed by atoms with Crippen molar-refractivity contribution in [3.05, 3.63) is 40.4 Å². The van der Waals surface area contributed by atoms with Crippen molar-refractivity contribution in [1.82, 2.24) is 9.55 Å². The summed E-state index contributed by atoms with van der Waals surface area (Å²) in [6.07, 6.45) is 6.33. The summed E-state index contributed by atoms with van der Waals surface area (Å²) in [5, 5.41) is 0.479. The molecule has 0 spiro atoms. The van der Waals surface area contributed by atoms with E-state index in [1.165, 1.54) is 10.9 Å². The minimum atomic E-state index is -0.561. The largest absolute Gasteiger partial charge is 0.451 e. The van der Waals surface area contributed by atoms with Crippen LogP contribution < -0.4 is 5.56 Å². The lowest BCUT2D eigenvalue weighted by Crippen LogP contribution is -2.25. The number of hydrogen-bond acceptors (Lipinski definition) is 4. The van der Waals surface area contributed by atoms with Crippen LogP contribution >= 0.6 is 0 Å². The molecule has 1 aromatic carbocycles. The molecule has 1 heterocycles. The van der Waals surface area contributed by atoms with Crippen molar-refractivity contribution < 1.29 is 9.53 Å². The number of carbonyl (C=O) groups is 1. The van der Waals surface area contributed by atoms with Crippen LogP contribution in [0.2, 0.25) is 0 Å². The number of benzene rings is 1. The van der Waals surface area contributed by atoms with E-state index in [9.17, 15) is 9.59 Å². The summed E-state index contributed by atoms with van der Waals surface area (Å²) in [6, 6.07) is 5.34. The lowest BCUT2D eigenvalue weighted by molar-refractivity contribution is -0.142. The molecule has 96 valence electrons. The van der Waals surface area contributed by atoms with Gasteiger partial charge in [-0.25, -0.2) is 4.98 Å². The molecule has 0 saturated carbocycles. The summed E-state index contributed by atoms with van der Waals surface area (Å²) in [5.41, 5.74) is 1.28. The lowest BCUT2D eigenvalue weighted by atomic mass is 10.1. The minimum absolute atomic E-state index is 0.103. The van der Waals surface area contributed by atoms with Gasteiger partial charge < -0.3 is 4.74 Å². The SMILES string of the molecule is C#CCOC(=O)Cn1cnc2c(C)cccc2c1=O. The van der Waals surface area contributed by atoms with Gasteiger partial charge in [0.05, 0.1) is 17.2 Å². The molecule has 2 rings (SSSR count). The summed E-state index contributed by atoms with van der Waals surface area (Å²) in [7, 11) is 0.